The van der Waals surface area contributed by atoms with Crippen molar-refractivity contribution in [2.24, 2.45) is 5.92 Å². The lowest BCUT2D eigenvalue weighted by Crippen LogP contribution is -2.54. The molecule has 0 saturated carbocycles. The number of nitrogens with zero attached hydrogens (tertiary/aromatic N) is 2. The second kappa shape index (κ2) is 8.38. The van der Waals surface area contributed by atoms with Gasteiger partial charge in [-0.1, -0.05) is 25.1 Å². The summed E-state index contributed by atoms with van der Waals surface area (Å²) in [5.41, 5.74) is -0.159. The van der Waals surface area contributed by atoms with E-state index in [0.29, 0.717) is 44.0 Å². The average Bonchev–Trinajstić information content (AvgIpc) is 2.64. The highest BCUT2D eigenvalue weighted by Crippen LogP contribution is 2.34. The fraction of sp³-hybridized carbons (Fsp3) is 0.619. The molecule has 0 unspecified atom stereocenters. The first-order valence-electron chi connectivity index (χ1n) is 9.93. The van der Waals surface area contributed by atoms with Gasteiger partial charge in [-0.2, -0.15) is 0 Å². The number of rotatable bonds is 4. The normalized spacial score (nSPS) is 21.1. The van der Waals surface area contributed by atoms with Crippen LogP contribution in [0.5, 0.6) is 0 Å². The second-order valence-corrected chi connectivity index (χ2v) is 8.08. The topological polar surface area (TPSA) is 52.7 Å². The molecule has 6 heteroatoms. The zero-order chi connectivity index (χ0) is 19.4. The van der Waals surface area contributed by atoms with E-state index < -0.39 is 5.54 Å². The number of hydrogen-bond acceptors (Lipinski definition) is 3. The van der Waals surface area contributed by atoms with Gasteiger partial charge < -0.3 is 10.2 Å². The van der Waals surface area contributed by atoms with E-state index in [1.54, 1.807) is 18.2 Å². The number of hydrogen-bond donors (Lipinski definition) is 1. The Morgan fingerprint density at radius 2 is 1.78 bits per heavy atom. The summed E-state index contributed by atoms with van der Waals surface area (Å²) in [7, 11) is 0. The van der Waals surface area contributed by atoms with Gasteiger partial charge in [-0.25, -0.2) is 4.39 Å². The van der Waals surface area contributed by atoms with Gasteiger partial charge >= 0.3 is 0 Å². The first kappa shape index (κ1) is 19.8. The van der Waals surface area contributed by atoms with E-state index in [1.807, 2.05) is 4.90 Å². The molecule has 1 aromatic carbocycles. The van der Waals surface area contributed by atoms with Crippen molar-refractivity contribution in [2.45, 2.75) is 45.1 Å². The molecule has 5 nitrogen and oxygen atoms in total. The van der Waals surface area contributed by atoms with E-state index in [0.717, 1.165) is 25.9 Å². The number of halogens is 1. The number of likely N-dealkylation sites (tertiary alicyclic amines) is 2. The highest BCUT2D eigenvalue weighted by molar-refractivity contribution is 5.78. The van der Waals surface area contributed by atoms with E-state index in [-0.39, 0.29) is 17.6 Å². The van der Waals surface area contributed by atoms with E-state index >= 15 is 0 Å². The van der Waals surface area contributed by atoms with Gasteiger partial charge in [0.1, 0.15) is 5.82 Å². The predicted molar refractivity (Wildman–Crippen MR) is 103 cm³/mol. The van der Waals surface area contributed by atoms with Gasteiger partial charge in [0.15, 0.2) is 0 Å². The molecule has 2 aliphatic rings. The SMILES string of the molecule is CC(=O)NC1(c2ccccc2F)CCN(CC(=O)N2CCC(C)CC2)CC1. The molecule has 27 heavy (non-hydrogen) atoms. The third-order valence-corrected chi connectivity index (χ3v) is 6.01. The van der Waals surface area contributed by atoms with Crippen LogP contribution in [0.4, 0.5) is 4.39 Å². The number of carbonyl (C=O) groups is 2. The minimum atomic E-state index is -0.697. The average molecular weight is 375 g/mol. The van der Waals surface area contributed by atoms with Crippen LogP contribution in [0.25, 0.3) is 0 Å². The number of piperidine rings is 2. The van der Waals surface area contributed by atoms with Crippen LogP contribution in [0.15, 0.2) is 24.3 Å². The van der Waals surface area contributed by atoms with Crippen molar-refractivity contribution >= 4 is 11.8 Å². The molecule has 2 aliphatic heterocycles. The van der Waals surface area contributed by atoms with Crippen molar-refractivity contribution < 1.29 is 14.0 Å². The van der Waals surface area contributed by atoms with E-state index in [1.165, 1.54) is 13.0 Å². The Morgan fingerprint density at radius 1 is 1.15 bits per heavy atom. The standard InChI is InChI=1S/C21H30FN3O2/c1-16-7-11-25(12-8-16)20(27)15-24-13-9-21(10-14-24,23-17(2)26)18-5-3-4-6-19(18)22/h3-6,16H,7-15H2,1-2H3,(H,23,26). The van der Waals surface area contributed by atoms with Crippen LogP contribution in [0.1, 0.15) is 45.1 Å². The zero-order valence-corrected chi connectivity index (χ0v) is 16.3. The highest BCUT2D eigenvalue weighted by Gasteiger charge is 2.39. The minimum Gasteiger partial charge on any atom is -0.347 e. The Morgan fingerprint density at radius 3 is 2.37 bits per heavy atom. The summed E-state index contributed by atoms with van der Waals surface area (Å²) in [4.78, 5) is 28.5. The summed E-state index contributed by atoms with van der Waals surface area (Å²) in [5, 5.41) is 2.99. The van der Waals surface area contributed by atoms with Crippen molar-refractivity contribution in [2.75, 3.05) is 32.7 Å². The molecular formula is C21H30FN3O2. The fourth-order valence-corrected chi connectivity index (χ4v) is 4.29. The molecular weight excluding hydrogens is 345 g/mol. The Balaban J connectivity index is 1.63. The Labute approximate surface area is 160 Å². The number of nitrogens with one attached hydrogen (secondary N) is 1. The molecule has 3 rings (SSSR count). The molecule has 0 atom stereocenters. The first-order valence-corrected chi connectivity index (χ1v) is 9.93. The minimum absolute atomic E-state index is 0.162. The summed E-state index contributed by atoms with van der Waals surface area (Å²) in [6.07, 6.45) is 3.34. The molecule has 2 fully saturated rings. The van der Waals surface area contributed by atoms with E-state index in [9.17, 15) is 14.0 Å². The second-order valence-electron chi connectivity index (χ2n) is 8.08. The predicted octanol–water partition coefficient (Wildman–Crippen LogP) is 2.51. The maximum absolute atomic E-state index is 14.4. The van der Waals surface area contributed by atoms with Gasteiger partial charge in [0.25, 0.3) is 0 Å². The van der Waals surface area contributed by atoms with Crippen LogP contribution in [0, 0.1) is 11.7 Å². The first-order chi connectivity index (χ1) is 12.9. The van der Waals surface area contributed by atoms with Crippen LogP contribution in [-0.4, -0.2) is 54.3 Å². The summed E-state index contributed by atoms with van der Waals surface area (Å²) in [6, 6.07) is 6.65. The van der Waals surface area contributed by atoms with E-state index in [2.05, 4.69) is 17.1 Å². The lowest BCUT2D eigenvalue weighted by Gasteiger charge is -2.43. The zero-order valence-electron chi connectivity index (χ0n) is 16.3. The summed E-state index contributed by atoms with van der Waals surface area (Å²) in [5.74, 6) is 0.423. The van der Waals surface area contributed by atoms with Crippen molar-refractivity contribution in [3.63, 3.8) is 0 Å². The van der Waals surface area contributed by atoms with Gasteiger partial charge in [0.2, 0.25) is 11.8 Å². The Bertz CT molecular complexity index is 678. The van der Waals surface area contributed by atoms with Gasteiger partial charge in [-0.15, -0.1) is 0 Å². The largest absolute Gasteiger partial charge is 0.347 e. The van der Waals surface area contributed by atoms with Crippen LogP contribution in [0.2, 0.25) is 0 Å². The molecule has 1 N–H and O–H groups in total. The lowest BCUT2D eigenvalue weighted by atomic mass is 9.80. The Kier molecular flexibility index (Phi) is 6.15. The third-order valence-electron chi connectivity index (χ3n) is 6.01. The number of benzene rings is 1. The van der Waals surface area contributed by atoms with Gasteiger partial charge in [0.05, 0.1) is 12.1 Å². The van der Waals surface area contributed by atoms with Crippen LogP contribution in [0.3, 0.4) is 0 Å². The van der Waals surface area contributed by atoms with Gasteiger partial charge in [0, 0.05) is 38.7 Å². The van der Waals surface area contributed by atoms with Crippen LogP contribution in [-0.2, 0) is 15.1 Å². The number of amides is 2. The van der Waals surface area contributed by atoms with Crippen LogP contribution >= 0.6 is 0 Å². The van der Waals surface area contributed by atoms with E-state index in [4.69, 9.17) is 0 Å². The third kappa shape index (κ3) is 4.67. The van der Waals surface area contributed by atoms with Crippen molar-refractivity contribution in [1.29, 1.82) is 0 Å². The van der Waals surface area contributed by atoms with Crippen molar-refractivity contribution in [3.8, 4) is 0 Å². The van der Waals surface area contributed by atoms with Crippen molar-refractivity contribution in [3.05, 3.63) is 35.6 Å². The monoisotopic (exact) mass is 375 g/mol. The molecule has 2 heterocycles. The number of carbonyl (C=O) groups excluding carboxylic acids is 2. The van der Waals surface area contributed by atoms with Gasteiger partial charge in [-0.05, 0) is 37.7 Å². The molecule has 0 radical (unpaired) electrons. The van der Waals surface area contributed by atoms with Crippen LogP contribution < -0.4 is 5.32 Å². The van der Waals surface area contributed by atoms with Gasteiger partial charge in [-0.3, -0.25) is 14.5 Å². The summed E-state index contributed by atoms with van der Waals surface area (Å²) in [6.45, 7) is 7.11. The molecule has 2 saturated heterocycles. The fourth-order valence-electron chi connectivity index (χ4n) is 4.29. The molecule has 0 aromatic heterocycles. The van der Waals surface area contributed by atoms with Crippen molar-refractivity contribution in [1.82, 2.24) is 15.1 Å². The molecule has 2 amide bonds. The maximum atomic E-state index is 14.4. The molecule has 1 aromatic rings. The molecule has 0 aliphatic carbocycles. The maximum Gasteiger partial charge on any atom is 0.236 e. The smallest absolute Gasteiger partial charge is 0.236 e. The Hall–Kier alpha value is -1.95. The summed E-state index contributed by atoms with van der Waals surface area (Å²) < 4.78 is 14.4. The highest BCUT2D eigenvalue weighted by atomic mass is 19.1. The molecule has 0 bridgehead atoms. The molecule has 148 valence electrons. The molecule has 0 spiro atoms. The lowest BCUT2D eigenvalue weighted by molar-refractivity contribution is -0.134. The summed E-state index contributed by atoms with van der Waals surface area (Å²) >= 11 is 0. The quantitative estimate of drug-likeness (QED) is 0.880.